The van der Waals surface area contributed by atoms with Crippen LogP contribution < -0.4 is 0 Å². The van der Waals surface area contributed by atoms with Crippen LogP contribution in [0, 0.1) is 0 Å². The van der Waals surface area contributed by atoms with Crippen molar-refractivity contribution in [1.29, 1.82) is 0 Å². The van der Waals surface area contributed by atoms with Gasteiger partial charge in [0.25, 0.3) is 0 Å². The molecule has 1 nitrogen and oxygen atoms in total. The summed E-state index contributed by atoms with van der Waals surface area (Å²) in [6, 6.07) is 0.771. The third-order valence-electron chi connectivity index (χ3n) is 3.09. The highest BCUT2D eigenvalue weighted by Gasteiger charge is 2.33. The average Bonchev–Trinajstić information content (AvgIpc) is 2.28. The lowest BCUT2D eigenvalue weighted by Gasteiger charge is -2.36. The Morgan fingerprint density at radius 1 is 1.45 bits per heavy atom. The zero-order chi connectivity index (χ0) is 8.48. The van der Waals surface area contributed by atoms with E-state index in [0.29, 0.717) is 5.54 Å². The molecule has 0 N–H and O–H groups in total. The molecule has 1 aliphatic rings. The van der Waals surface area contributed by atoms with Gasteiger partial charge in [0, 0.05) is 11.6 Å². The number of hydrogen-bond donors (Lipinski definition) is 0. The Hall–Kier alpha value is -0.0400. The van der Waals surface area contributed by atoms with Crippen molar-refractivity contribution in [2.75, 3.05) is 6.54 Å². The minimum Gasteiger partial charge on any atom is -0.296 e. The molecular formula is C10H21N. The topological polar surface area (TPSA) is 3.24 Å². The fourth-order valence-corrected chi connectivity index (χ4v) is 2.17. The van der Waals surface area contributed by atoms with E-state index >= 15 is 0 Å². The molecule has 1 saturated heterocycles. The normalized spacial score (nSPS) is 27.3. The van der Waals surface area contributed by atoms with Gasteiger partial charge in [-0.05, 0) is 46.6 Å². The lowest BCUT2D eigenvalue weighted by Crippen LogP contribution is -2.43. The molecule has 1 unspecified atom stereocenters. The molecule has 0 amide bonds. The summed E-state index contributed by atoms with van der Waals surface area (Å²) in [5, 5.41) is 0. The summed E-state index contributed by atoms with van der Waals surface area (Å²) in [4.78, 5) is 2.65. The van der Waals surface area contributed by atoms with E-state index in [1.54, 1.807) is 0 Å². The summed E-state index contributed by atoms with van der Waals surface area (Å²) in [5.41, 5.74) is 0.468. The van der Waals surface area contributed by atoms with Crippen molar-refractivity contribution in [3.8, 4) is 0 Å². The number of likely N-dealkylation sites (tertiary alicyclic amines) is 1. The van der Waals surface area contributed by atoms with Crippen LogP contribution in [-0.2, 0) is 0 Å². The van der Waals surface area contributed by atoms with Gasteiger partial charge in [-0.3, -0.25) is 4.90 Å². The minimum atomic E-state index is 0.468. The quantitative estimate of drug-likeness (QED) is 0.592. The number of rotatable bonds is 2. The molecule has 0 aromatic rings. The Kier molecular flexibility index (Phi) is 2.58. The maximum atomic E-state index is 2.65. The Labute approximate surface area is 70.8 Å². The van der Waals surface area contributed by atoms with E-state index in [2.05, 4.69) is 32.6 Å². The van der Waals surface area contributed by atoms with E-state index in [1.807, 2.05) is 0 Å². The molecule has 0 bridgehead atoms. The lowest BCUT2D eigenvalue weighted by atomic mass is 10.0. The van der Waals surface area contributed by atoms with Gasteiger partial charge < -0.3 is 0 Å². The summed E-state index contributed by atoms with van der Waals surface area (Å²) in [5.74, 6) is 0. The van der Waals surface area contributed by atoms with Crippen molar-refractivity contribution in [2.24, 2.45) is 0 Å². The molecule has 66 valence electrons. The Balaban J connectivity index is 2.57. The summed E-state index contributed by atoms with van der Waals surface area (Å²) in [7, 11) is 0. The zero-order valence-corrected chi connectivity index (χ0v) is 8.35. The molecule has 0 aromatic heterocycles. The molecule has 1 heterocycles. The van der Waals surface area contributed by atoms with Gasteiger partial charge in [0.2, 0.25) is 0 Å². The SMILES string of the molecule is CCC(C)N1CCCC1(C)C. The van der Waals surface area contributed by atoms with Crippen LogP contribution in [0.3, 0.4) is 0 Å². The molecule has 1 atom stereocenters. The summed E-state index contributed by atoms with van der Waals surface area (Å²) >= 11 is 0. The maximum absolute atomic E-state index is 2.65. The van der Waals surface area contributed by atoms with Gasteiger partial charge in [0.15, 0.2) is 0 Å². The van der Waals surface area contributed by atoms with Crippen LogP contribution in [0.2, 0.25) is 0 Å². The van der Waals surface area contributed by atoms with E-state index < -0.39 is 0 Å². The molecule has 1 fully saturated rings. The first-order chi connectivity index (χ1) is 5.08. The smallest absolute Gasteiger partial charge is 0.0156 e. The van der Waals surface area contributed by atoms with Crippen LogP contribution in [0.1, 0.15) is 47.0 Å². The predicted octanol–water partition coefficient (Wildman–Crippen LogP) is 2.66. The van der Waals surface area contributed by atoms with E-state index in [0.717, 1.165) is 6.04 Å². The Bertz CT molecular complexity index is 129. The van der Waals surface area contributed by atoms with Gasteiger partial charge in [-0.15, -0.1) is 0 Å². The number of nitrogens with zero attached hydrogens (tertiary/aromatic N) is 1. The highest BCUT2D eigenvalue weighted by atomic mass is 15.2. The fourth-order valence-electron chi connectivity index (χ4n) is 2.17. The summed E-state index contributed by atoms with van der Waals surface area (Å²) in [6.07, 6.45) is 4.04. The summed E-state index contributed by atoms with van der Waals surface area (Å²) in [6.45, 7) is 10.7. The van der Waals surface area contributed by atoms with Gasteiger partial charge >= 0.3 is 0 Å². The second-order valence-electron chi connectivity index (χ2n) is 4.37. The molecule has 1 rings (SSSR count). The Morgan fingerprint density at radius 3 is 2.45 bits per heavy atom. The van der Waals surface area contributed by atoms with E-state index in [-0.39, 0.29) is 0 Å². The first kappa shape index (κ1) is 9.05. The van der Waals surface area contributed by atoms with Crippen molar-refractivity contribution in [3.63, 3.8) is 0 Å². The third-order valence-corrected chi connectivity index (χ3v) is 3.09. The van der Waals surface area contributed by atoms with Gasteiger partial charge in [-0.2, -0.15) is 0 Å². The third kappa shape index (κ3) is 1.76. The van der Waals surface area contributed by atoms with Crippen LogP contribution in [0.5, 0.6) is 0 Å². The molecule has 0 aromatic carbocycles. The largest absolute Gasteiger partial charge is 0.296 e. The van der Waals surface area contributed by atoms with Crippen molar-refractivity contribution in [2.45, 2.75) is 58.5 Å². The molecule has 0 radical (unpaired) electrons. The van der Waals surface area contributed by atoms with Crippen molar-refractivity contribution in [3.05, 3.63) is 0 Å². The first-order valence-electron chi connectivity index (χ1n) is 4.84. The molecule has 1 heteroatoms. The summed E-state index contributed by atoms with van der Waals surface area (Å²) < 4.78 is 0. The Morgan fingerprint density at radius 2 is 2.09 bits per heavy atom. The van der Waals surface area contributed by atoms with Gasteiger partial charge in [-0.1, -0.05) is 6.92 Å². The van der Waals surface area contributed by atoms with Crippen LogP contribution in [0.25, 0.3) is 0 Å². The average molecular weight is 155 g/mol. The van der Waals surface area contributed by atoms with Crippen molar-refractivity contribution < 1.29 is 0 Å². The van der Waals surface area contributed by atoms with E-state index in [4.69, 9.17) is 0 Å². The molecule has 11 heavy (non-hydrogen) atoms. The maximum Gasteiger partial charge on any atom is 0.0156 e. The minimum absolute atomic E-state index is 0.468. The van der Waals surface area contributed by atoms with Gasteiger partial charge in [-0.25, -0.2) is 0 Å². The molecule has 0 saturated carbocycles. The van der Waals surface area contributed by atoms with Gasteiger partial charge in [0.05, 0.1) is 0 Å². The van der Waals surface area contributed by atoms with Crippen LogP contribution in [0.4, 0.5) is 0 Å². The van der Waals surface area contributed by atoms with Gasteiger partial charge in [0.1, 0.15) is 0 Å². The lowest BCUT2D eigenvalue weighted by molar-refractivity contribution is 0.122. The highest BCUT2D eigenvalue weighted by molar-refractivity contribution is 4.90. The van der Waals surface area contributed by atoms with Crippen LogP contribution in [0.15, 0.2) is 0 Å². The standard InChI is InChI=1S/C10H21N/c1-5-9(2)11-8-6-7-10(11,3)4/h9H,5-8H2,1-4H3. The van der Waals surface area contributed by atoms with Crippen LogP contribution in [-0.4, -0.2) is 23.0 Å². The molecule has 0 spiro atoms. The monoisotopic (exact) mass is 155 g/mol. The van der Waals surface area contributed by atoms with E-state index in [9.17, 15) is 0 Å². The number of hydrogen-bond acceptors (Lipinski definition) is 1. The first-order valence-corrected chi connectivity index (χ1v) is 4.84. The molecular weight excluding hydrogens is 134 g/mol. The predicted molar refractivity (Wildman–Crippen MR) is 49.8 cm³/mol. The second-order valence-corrected chi connectivity index (χ2v) is 4.37. The zero-order valence-electron chi connectivity index (χ0n) is 8.35. The fraction of sp³-hybridized carbons (Fsp3) is 1.00. The second kappa shape index (κ2) is 3.14. The van der Waals surface area contributed by atoms with E-state index in [1.165, 1.54) is 25.8 Å². The van der Waals surface area contributed by atoms with Crippen LogP contribution >= 0.6 is 0 Å². The molecule has 0 aliphatic carbocycles. The highest BCUT2D eigenvalue weighted by Crippen LogP contribution is 2.30. The van der Waals surface area contributed by atoms with Crippen molar-refractivity contribution in [1.82, 2.24) is 4.90 Å². The molecule has 1 aliphatic heterocycles. The van der Waals surface area contributed by atoms with Crippen molar-refractivity contribution >= 4 is 0 Å².